The predicted molar refractivity (Wildman–Crippen MR) is 92.3 cm³/mol. The van der Waals surface area contributed by atoms with E-state index in [0.29, 0.717) is 18.4 Å². The average Bonchev–Trinajstić information content (AvgIpc) is 2.59. The van der Waals surface area contributed by atoms with Crippen LogP contribution in [-0.4, -0.2) is 42.7 Å². The second-order valence-electron chi connectivity index (χ2n) is 5.97. The van der Waals surface area contributed by atoms with E-state index < -0.39 is 31.8 Å². The molecule has 140 valence electrons. The summed E-state index contributed by atoms with van der Waals surface area (Å²) in [6.07, 6.45) is 2.37. The highest BCUT2D eigenvalue weighted by molar-refractivity contribution is 6.47. The molecule has 2 N–H and O–H groups in total. The smallest absolute Gasteiger partial charge is 0.534 e. The molecular weight excluding hydrogens is 341 g/mol. The minimum atomic E-state index is -1.28. The van der Waals surface area contributed by atoms with Gasteiger partial charge >= 0.3 is 19.1 Å². The molecule has 1 atom stereocenters. The molecule has 0 radical (unpaired) electrons. The van der Waals surface area contributed by atoms with E-state index in [4.69, 9.17) is 9.39 Å². The Hall–Kier alpha value is -2.55. The van der Waals surface area contributed by atoms with Gasteiger partial charge in [-0.05, 0) is 24.5 Å². The van der Waals surface area contributed by atoms with E-state index in [0.717, 1.165) is 12.8 Å². The van der Waals surface area contributed by atoms with Crippen LogP contribution in [0.1, 0.15) is 49.0 Å². The van der Waals surface area contributed by atoms with Crippen LogP contribution >= 0.6 is 0 Å². The Balaban J connectivity index is 2.06. The molecule has 2 rings (SSSR count). The fraction of sp³-hybridized carbons (Fsp3) is 0.471. The molecule has 0 spiro atoms. The molecule has 0 bridgehead atoms. The summed E-state index contributed by atoms with van der Waals surface area (Å²) in [6.45, 7) is 2.69. The SMILES string of the molecule is CCCCC(=O)N[C@H]1Cc2cccc(C(=O)OCOC(C)=O)c2OB1O. The van der Waals surface area contributed by atoms with Crippen LogP contribution in [0.4, 0.5) is 0 Å². The van der Waals surface area contributed by atoms with E-state index in [1.54, 1.807) is 12.1 Å². The number of para-hydroxylation sites is 1. The number of carbonyl (C=O) groups is 3. The zero-order chi connectivity index (χ0) is 19.1. The summed E-state index contributed by atoms with van der Waals surface area (Å²) in [5, 5.41) is 12.9. The van der Waals surface area contributed by atoms with Gasteiger partial charge in [0.2, 0.25) is 12.7 Å². The third-order valence-corrected chi connectivity index (χ3v) is 3.90. The number of nitrogens with one attached hydrogen (secondary N) is 1. The second-order valence-corrected chi connectivity index (χ2v) is 5.97. The van der Waals surface area contributed by atoms with Crippen LogP contribution in [-0.2, 0) is 25.5 Å². The number of hydrogen-bond donors (Lipinski definition) is 2. The third kappa shape index (κ3) is 5.22. The molecule has 26 heavy (non-hydrogen) atoms. The lowest BCUT2D eigenvalue weighted by Crippen LogP contribution is -2.53. The summed E-state index contributed by atoms with van der Waals surface area (Å²) in [7, 11) is -1.28. The first-order valence-corrected chi connectivity index (χ1v) is 8.48. The van der Waals surface area contributed by atoms with E-state index in [9.17, 15) is 19.4 Å². The van der Waals surface area contributed by atoms with Crippen molar-refractivity contribution in [2.75, 3.05) is 6.79 Å². The molecular formula is C17H22BNO7. The van der Waals surface area contributed by atoms with Gasteiger partial charge in [-0.3, -0.25) is 9.59 Å². The monoisotopic (exact) mass is 363 g/mol. The van der Waals surface area contributed by atoms with Crippen molar-refractivity contribution >= 4 is 25.0 Å². The topological polar surface area (TPSA) is 111 Å². The van der Waals surface area contributed by atoms with Crippen molar-refractivity contribution in [3.63, 3.8) is 0 Å². The molecule has 1 aliphatic heterocycles. The van der Waals surface area contributed by atoms with Crippen molar-refractivity contribution in [3.8, 4) is 5.75 Å². The van der Waals surface area contributed by atoms with Gasteiger partial charge in [0.05, 0.1) is 5.94 Å². The number of hydrogen-bond acceptors (Lipinski definition) is 7. The highest BCUT2D eigenvalue weighted by Gasteiger charge is 2.37. The Morgan fingerprint density at radius 2 is 2.12 bits per heavy atom. The minimum Gasteiger partial charge on any atom is -0.534 e. The van der Waals surface area contributed by atoms with Crippen LogP contribution < -0.4 is 9.97 Å². The number of benzene rings is 1. The maximum absolute atomic E-state index is 12.1. The molecule has 8 nitrogen and oxygen atoms in total. The quantitative estimate of drug-likeness (QED) is 0.422. The first-order chi connectivity index (χ1) is 12.4. The van der Waals surface area contributed by atoms with Gasteiger partial charge in [0.25, 0.3) is 0 Å². The van der Waals surface area contributed by atoms with Gasteiger partial charge in [-0.25, -0.2) is 4.79 Å². The Morgan fingerprint density at radius 1 is 1.35 bits per heavy atom. The van der Waals surface area contributed by atoms with Crippen molar-refractivity contribution in [2.24, 2.45) is 0 Å². The van der Waals surface area contributed by atoms with Crippen molar-refractivity contribution in [1.82, 2.24) is 5.32 Å². The van der Waals surface area contributed by atoms with Crippen LogP contribution in [0.2, 0.25) is 0 Å². The van der Waals surface area contributed by atoms with Gasteiger partial charge in [-0.2, -0.15) is 0 Å². The molecule has 0 aromatic heterocycles. The summed E-state index contributed by atoms with van der Waals surface area (Å²) < 4.78 is 14.9. The molecule has 9 heteroatoms. The number of ether oxygens (including phenoxy) is 2. The van der Waals surface area contributed by atoms with Gasteiger partial charge in [0, 0.05) is 13.3 Å². The van der Waals surface area contributed by atoms with Crippen LogP contribution in [0.5, 0.6) is 5.75 Å². The molecule has 0 aliphatic carbocycles. The third-order valence-electron chi connectivity index (χ3n) is 3.90. The number of amides is 1. The predicted octanol–water partition coefficient (Wildman–Crippen LogP) is 0.994. The van der Waals surface area contributed by atoms with Gasteiger partial charge < -0.3 is 24.5 Å². The Morgan fingerprint density at radius 3 is 2.81 bits per heavy atom. The van der Waals surface area contributed by atoms with E-state index in [-0.39, 0.29) is 17.2 Å². The molecule has 1 heterocycles. The average molecular weight is 363 g/mol. The summed E-state index contributed by atoms with van der Waals surface area (Å²) in [5.41, 5.74) is 0.780. The van der Waals surface area contributed by atoms with Crippen LogP contribution in [0.3, 0.4) is 0 Å². The maximum Gasteiger partial charge on any atom is 0.547 e. The Labute approximate surface area is 152 Å². The lowest BCUT2D eigenvalue weighted by molar-refractivity contribution is -0.149. The van der Waals surface area contributed by atoms with E-state index >= 15 is 0 Å². The highest BCUT2D eigenvalue weighted by Crippen LogP contribution is 2.30. The number of carbonyl (C=O) groups excluding carboxylic acids is 3. The van der Waals surface area contributed by atoms with E-state index in [1.807, 2.05) is 6.92 Å². The first kappa shape index (κ1) is 19.8. The van der Waals surface area contributed by atoms with E-state index in [1.165, 1.54) is 13.0 Å². The second kappa shape index (κ2) is 9.24. The molecule has 1 aromatic carbocycles. The molecule has 1 aliphatic rings. The standard InChI is InChI=1S/C17H22BNO7/c1-3-4-8-15(21)19-14-9-12-6-5-7-13(16(12)26-18(14)23)17(22)25-10-24-11(2)20/h5-7,14,23H,3-4,8-10H2,1-2H3,(H,19,21)/t14-/m0/s1. The zero-order valence-electron chi connectivity index (χ0n) is 14.8. The molecule has 0 unspecified atom stereocenters. The maximum atomic E-state index is 12.1. The lowest BCUT2D eigenvalue weighted by atomic mass is 9.72. The fourth-order valence-electron chi connectivity index (χ4n) is 2.57. The Bertz CT molecular complexity index is 679. The molecule has 1 amide bonds. The first-order valence-electron chi connectivity index (χ1n) is 8.48. The van der Waals surface area contributed by atoms with Crippen LogP contribution in [0.15, 0.2) is 18.2 Å². The largest absolute Gasteiger partial charge is 0.547 e. The molecule has 0 saturated carbocycles. The van der Waals surface area contributed by atoms with Crippen molar-refractivity contribution in [2.45, 2.75) is 45.5 Å². The number of rotatable bonds is 7. The van der Waals surface area contributed by atoms with Gasteiger partial charge in [0.15, 0.2) is 0 Å². The van der Waals surface area contributed by atoms with Crippen LogP contribution in [0.25, 0.3) is 0 Å². The summed E-state index contributed by atoms with van der Waals surface area (Å²) in [6, 6.07) is 4.88. The summed E-state index contributed by atoms with van der Waals surface area (Å²) in [4.78, 5) is 34.7. The normalized spacial score (nSPS) is 15.5. The molecule has 1 aromatic rings. The highest BCUT2D eigenvalue weighted by atomic mass is 16.7. The van der Waals surface area contributed by atoms with Gasteiger partial charge in [-0.1, -0.05) is 25.5 Å². The van der Waals surface area contributed by atoms with Crippen molar-refractivity contribution in [1.29, 1.82) is 0 Å². The lowest BCUT2D eigenvalue weighted by Gasteiger charge is -2.29. The molecule has 0 fully saturated rings. The number of esters is 2. The van der Waals surface area contributed by atoms with Crippen LogP contribution in [0, 0.1) is 0 Å². The van der Waals surface area contributed by atoms with Crippen molar-refractivity contribution < 1.29 is 33.5 Å². The number of unbranched alkanes of at least 4 members (excludes halogenated alkanes) is 1. The summed E-state index contributed by atoms with van der Waals surface area (Å²) in [5.74, 6) is -1.85. The summed E-state index contributed by atoms with van der Waals surface area (Å²) >= 11 is 0. The molecule has 0 saturated heterocycles. The Kier molecular flexibility index (Phi) is 7.02. The fourth-order valence-corrected chi connectivity index (χ4v) is 2.57. The van der Waals surface area contributed by atoms with Crippen molar-refractivity contribution in [3.05, 3.63) is 29.3 Å². The van der Waals surface area contributed by atoms with Gasteiger partial charge in [-0.15, -0.1) is 0 Å². The van der Waals surface area contributed by atoms with Gasteiger partial charge in [0.1, 0.15) is 11.3 Å². The minimum absolute atomic E-state index is 0.115. The number of fused-ring (bicyclic) bond motifs is 1. The van der Waals surface area contributed by atoms with E-state index in [2.05, 4.69) is 10.1 Å². The zero-order valence-corrected chi connectivity index (χ0v) is 14.8.